The van der Waals surface area contributed by atoms with Crippen LogP contribution in [0.15, 0.2) is 30.6 Å². The van der Waals surface area contributed by atoms with E-state index in [0.29, 0.717) is 12.3 Å². The van der Waals surface area contributed by atoms with Gasteiger partial charge in [0.05, 0.1) is 5.69 Å². The van der Waals surface area contributed by atoms with Crippen molar-refractivity contribution in [3.05, 3.63) is 47.5 Å². The van der Waals surface area contributed by atoms with Crippen molar-refractivity contribution in [1.29, 1.82) is 0 Å². The molecule has 116 valence electrons. The van der Waals surface area contributed by atoms with E-state index >= 15 is 0 Å². The highest BCUT2D eigenvalue weighted by Crippen LogP contribution is 2.26. The van der Waals surface area contributed by atoms with E-state index in [0.717, 1.165) is 43.7 Å². The number of piperidine rings is 1. The van der Waals surface area contributed by atoms with E-state index in [-0.39, 0.29) is 5.91 Å². The van der Waals surface area contributed by atoms with Gasteiger partial charge < -0.3 is 4.90 Å². The van der Waals surface area contributed by atoms with E-state index in [9.17, 15) is 4.79 Å². The van der Waals surface area contributed by atoms with Crippen molar-refractivity contribution in [3.8, 4) is 0 Å². The zero-order chi connectivity index (χ0) is 15.4. The first-order valence-electron chi connectivity index (χ1n) is 7.91. The summed E-state index contributed by atoms with van der Waals surface area (Å²) in [6.45, 7) is 3.67. The van der Waals surface area contributed by atoms with E-state index in [1.165, 1.54) is 5.56 Å². The maximum absolute atomic E-state index is 12.4. The number of aryl methyl sites for hydroxylation is 2. The molecule has 1 saturated heterocycles. The van der Waals surface area contributed by atoms with Gasteiger partial charge in [0.25, 0.3) is 0 Å². The van der Waals surface area contributed by atoms with E-state index in [1.54, 1.807) is 12.4 Å². The second-order valence-electron chi connectivity index (χ2n) is 6.01. The highest BCUT2D eigenvalue weighted by molar-refractivity contribution is 5.76. The molecule has 3 heterocycles. The summed E-state index contributed by atoms with van der Waals surface area (Å²) in [5.74, 6) is 0.609. The predicted octanol–water partition coefficient (Wildman–Crippen LogP) is 2.45. The quantitative estimate of drug-likeness (QED) is 0.943. The van der Waals surface area contributed by atoms with Gasteiger partial charge in [-0.1, -0.05) is 0 Å². The number of rotatable bonds is 4. The fourth-order valence-corrected chi connectivity index (χ4v) is 3.05. The molecule has 0 aromatic carbocycles. The van der Waals surface area contributed by atoms with Crippen molar-refractivity contribution in [2.24, 2.45) is 0 Å². The van der Waals surface area contributed by atoms with E-state index < -0.39 is 0 Å². The van der Waals surface area contributed by atoms with Crippen LogP contribution >= 0.6 is 0 Å². The molecule has 1 atom stereocenters. The second-order valence-corrected chi connectivity index (χ2v) is 6.01. The third-order valence-electron chi connectivity index (χ3n) is 4.30. The summed E-state index contributed by atoms with van der Waals surface area (Å²) in [7, 11) is 0. The van der Waals surface area contributed by atoms with Crippen LogP contribution in [-0.2, 0) is 11.2 Å². The lowest BCUT2D eigenvalue weighted by atomic mass is 9.94. The molecule has 0 radical (unpaired) electrons. The van der Waals surface area contributed by atoms with Crippen molar-refractivity contribution in [2.45, 2.75) is 38.5 Å². The van der Waals surface area contributed by atoms with Crippen molar-refractivity contribution in [1.82, 2.24) is 20.1 Å². The fraction of sp³-hybridized carbons (Fsp3) is 0.471. The number of aromatic nitrogens is 3. The maximum atomic E-state index is 12.4. The summed E-state index contributed by atoms with van der Waals surface area (Å²) < 4.78 is 0. The van der Waals surface area contributed by atoms with Crippen molar-refractivity contribution >= 4 is 5.91 Å². The lowest BCUT2D eigenvalue weighted by Crippen LogP contribution is -2.39. The Bertz CT molecular complexity index is 623. The summed E-state index contributed by atoms with van der Waals surface area (Å²) in [4.78, 5) is 18.4. The minimum atomic E-state index is 0.244. The number of carbonyl (C=O) groups excluding carboxylic acids is 1. The third kappa shape index (κ3) is 3.53. The summed E-state index contributed by atoms with van der Waals surface area (Å²) >= 11 is 0. The molecule has 1 unspecified atom stereocenters. The molecule has 5 heteroatoms. The number of nitrogens with zero attached hydrogens (tertiary/aromatic N) is 3. The normalized spacial score (nSPS) is 18.4. The van der Waals surface area contributed by atoms with Crippen molar-refractivity contribution in [3.63, 3.8) is 0 Å². The molecule has 5 nitrogen and oxygen atoms in total. The maximum Gasteiger partial charge on any atom is 0.222 e. The van der Waals surface area contributed by atoms with E-state index in [1.807, 2.05) is 24.0 Å². The van der Waals surface area contributed by atoms with Gasteiger partial charge in [-0.15, -0.1) is 0 Å². The number of pyridine rings is 1. The fourth-order valence-electron chi connectivity index (χ4n) is 3.05. The van der Waals surface area contributed by atoms with Gasteiger partial charge in [0, 0.05) is 43.5 Å². The molecule has 3 rings (SSSR count). The van der Waals surface area contributed by atoms with E-state index in [2.05, 4.69) is 21.2 Å². The Morgan fingerprint density at radius 1 is 1.41 bits per heavy atom. The molecule has 1 aliphatic heterocycles. The number of hydrogen-bond donors (Lipinski definition) is 1. The summed E-state index contributed by atoms with van der Waals surface area (Å²) in [6.07, 6.45) is 7.06. The van der Waals surface area contributed by atoms with Crippen LogP contribution in [0.25, 0.3) is 0 Å². The van der Waals surface area contributed by atoms with Crippen LogP contribution in [0.2, 0.25) is 0 Å². The van der Waals surface area contributed by atoms with Gasteiger partial charge >= 0.3 is 0 Å². The molecule has 1 fully saturated rings. The minimum Gasteiger partial charge on any atom is -0.342 e. The van der Waals surface area contributed by atoms with Crippen LogP contribution in [0.3, 0.4) is 0 Å². The Hall–Kier alpha value is -2.17. The summed E-state index contributed by atoms with van der Waals surface area (Å²) in [5.41, 5.74) is 3.33. The highest BCUT2D eigenvalue weighted by atomic mass is 16.2. The molecule has 1 N–H and O–H groups in total. The Morgan fingerprint density at radius 3 is 2.95 bits per heavy atom. The molecule has 0 saturated carbocycles. The Labute approximate surface area is 130 Å². The molecule has 2 aromatic heterocycles. The number of hydrogen-bond acceptors (Lipinski definition) is 3. The molecular weight excluding hydrogens is 276 g/mol. The molecule has 0 bridgehead atoms. The summed E-state index contributed by atoms with van der Waals surface area (Å²) in [5, 5.41) is 7.35. The zero-order valence-electron chi connectivity index (χ0n) is 13.0. The monoisotopic (exact) mass is 298 g/mol. The number of amides is 1. The van der Waals surface area contributed by atoms with Gasteiger partial charge in [-0.2, -0.15) is 5.10 Å². The SMILES string of the molecule is Cc1cc(C2CCCN(C(=O)CCc3ccncc3)C2)n[nH]1. The zero-order valence-corrected chi connectivity index (χ0v) is 13.0. The Balaban J connectivity index is 1.56. The van der Waals surface area contributed by atoms with Gasteiger partial charge in [0.2, 0.25) is 5.91 Å². The van der Waals surface area contributed by atoms with Crippen LogP contribution in [0.4, 0.5) is 0 Å². The van der Waals surface area contributed by atoms with Crippen molar-refractivity contribution in [2.75, 3.05) is 13.1 Å². The average molecular weight is 298 g/mol. The largest absolute Gasteiger partial charge is 0.342 e. The Kier molecular flexibility index (Phi) is 4.51. The highest BCUT2D eigenvalue weighted by Gasteiger charge is 2.25. The lowest BCUT2D eigenvalue weighted by molar-refractivity contribution is -0.132. The number of aromatic amines is 1. The van der Waals surface area contributed by atoms with Gasteiger partial charge in [-0.25, -0.2) is 0 Å². The molecule has 1 amide bonds. The second kappa shape index (κ2) is 6.73. The molecule has 0 spiro atoms. The number of H-pyrrole nitrogens is 1. The van der Waals surface area contributed by atoms with Gasteiger partial charge in [0.1, 0.15) is 0 Å². The minimum absolute atomic E-state index is 0.244. The number of likely N-dealkylation sites (tertiary alicyclic amines) is 1. The van der Waals surface area contributed by atoms with E-state index in [4.69, 9.17) is 0 Å². The first kappa shape index (κ1) is 14.8. The van der Waals surface area contributed by atoms with Gasteiger partial charge in [0.15, 0.2) is 0 Å². The molecule has 22 heavy (non-hydrogen) atoms. The number of nitrogens with one attached hydrogen (secondary N) is 1. The number of carbonyl (C=O) groups is 1. The third-order valence-corrected chi connectivity index (χ3v) is 4.30. The smallest absolute Gasteiger partial charge is 0.222 e. The first-order valence-corrected chi connectivity index (χ1v) is 7.91. The van der Waals surface area contributed by atoms with Gasteiger partial charge in [-0.3, -0.25) is 14.9 Å². The molecule has 0 aliphatic carbocycles. The molecule has 1 aliphatic rings. The van der Waals surface area contributed by atoms with Gasteiger partial charge in [-0.05, 0) is 49.9 Å². The van der Waals surface area contributed by atoms with Crippen LogP contribution in [0.1, 0.15) is 42.1 Å². The van der Waals surface area contributed by atoms with Crippen LogP contribution in [0, 0.1) is 6.92 Å². The van der Waals surface area contributed by atoms with Crippen LogP contribution in [0.5, 0.6) is 0 Å². The standard InChI is InChI=1S/C17H22N4O/c1-13-11-16(20-19-13)15-3-2-10-21(12-15)17(22)5-4-14-6-8-18-9-7-14/h6-9,11,15H,2-5,10,12H2,1H3,(H,19,20). The topological polar surface area (TPSA) is 61.9 Å². The average Bonchev–Trinajstić information content (AvgIpc) is 3.00. The summed E-state index contributed by atoms with van der Waals surface area (Å²) in [6, 6.07) is 6.03. The first-order chi connectivity index (χ1) is 10.7. The lowest BCUT2D eigenvalue weighted by Gasteiger charge is -2.32. The van der Waals surface area contributed by atoms with Crippen LogP contribution < -0.4 is 0 Å². The Morgan fingerprint density at radius 2 is 2.23 bits per heavy atom. The van der Waals surface area contributed by atoms with Crippen LogP contribution in [-0.4, -0.2) is 39.1 Å². The predicted molar refractivity (Wildman–Crippen MR) is 84.4 cm³/mol. The molecular formula is C17H22N4O. The van der Waals surface area contributed by atoms with Crippen molar-refractivity contribution < 1.29 is 4.79 Å². The molecule has 2 aromatic rings.